The molecule has 0 aromatic heterocycles. The molecule has 4 fully saturated rings. The molecule has 8 atom stereocenters. The summed E-state index contributed by atoms with van der Waals surface area (Å²) in [6.07, 6.45) is 13.1. The van der Waals surface area contributed by atoms with Crippen molar-refractivity contribution in [1.29, 1.82) is 0 Å². The first-order chi connectivity index (χ1) is 17.2. The Labute approximate surface area is 219 Å². The maximum absolute atomic E-state index is 12.2. The van der Waals surface area contributed by atoms with E-state index in [0.29, 0.717) is 23.2 Å². The fourth-order valence-electron chi connectivity index (χ4n) is 10.1. The molecule has 6 rings (SSSR count). The van der Waals surface area contributed by atoms with Gasteiger partial charge in [-0.1, -0.05) is 26.3 Å². The lowest BCUT2D eigenvalue weighted by Crippen LogP contribution is -2.50. The number of hydrogen-bond acceptors (Lipinski definition) is 4. The molecule has 1 saturated heterocycles. The molecule has 4 nitrogen and oxygen atoms in total. The number of piperazine rings is 1. The number of carbonyl (C=O) groups excluding carboxylic acids is 1. The van der Waals surface area contributed by atoms with Gasteiger partial charge in [-0.15, -0.1) is 0 Å². The smallest absolute Gasteiger partial charge is 0.155 e. The first-order valence-electron chi connectivity index (χ1n) is 15.2. The molecule has 4 heteroatoms. The van der Waals surface area contributed by atoms with E-state index in [1.807, 2.05) is 6.08 Å². The number of carbonyl (C=O) groups is 1. The van der Waals surface area contributed by atoms with E-state index in [0.717, 1.165) is 49.4 Å². The lowest BCUT2D eigenvalue weighted by atomic mass is 9.46. The summed E-state index contributed by atoms with van der Waals surface area (Å²) in [4.78, 5) is 17.3. The van der Waals surface area contributed by atoms with Crippen molar-refractivity contribution in [3.63, 3.8) is 0 Å². The third kappa shape index (κ3) is 4.04. The highest BCUT2D eigenvalue weighted by Gasteiger charge is 2.63. The molecule has 4 aliphatic carbocycles. The van der Waals surface area contributed by atoms with Gasteiger partial charge in [0.15, 0.2) is 5.78 Å². The molecule has 0 spiro atoms. The van der Waals surface area contributed by atoms with Crippen LogP contribution in [0.1, 0.15) is 85.5 Å². The zero-order chi connectivity index (χ0) is 25.2. The predicted molar refractivity (Wildman–Crippen MR) is 145 cm³/mol. The standard InChI is InChI=1S/C32H50N2O2/c1-21(20-34-16-14-33(5)15-17-34)6-9-28-22(2)30-29(36-28)19-27-25-8-7-23-18-24(35)10-12-31(23,3)26(25)11-13-32(27,30)4/h18,21,25-27,29-30H,6-17,19-20H2,1-5H3/t21?,25-,26+,27+,29+,30+,31+,32+/m1/s1. The summed E-state index contributed by atoms with van der Waals surface area (Å²) in [6, 6.07) is 0. The van der Waals surface area contributed by atoms with E-state index in [-0.39, 0.29) is 5.41 Å². The summed E-state index contributed by atoms with van der Waals surface area (Å²) >= 11 is 0. The van der Waals surface area contributed by atoms with Crippen molar-refractivity contribution < 1.29 is 9.53 Å². The monoisotopic (exact) mass is 494 g/mol. The molecule has 0 radical (unpaired) electrons. The minimum Gasteiger partial charge on any atom is -0.494 e. The lowest BCUT2D eigenvalue weighted by molar-refractivity contribution is -0.117. The molecule has 2 heterocycles. The Hall–Kier alpha value is -1.13. The third-order valence-corrected chi connectivity index (χ3v) is 12.2. The van der Waals surface area contributed by atoms with Gasteiger partial charge in [0.1, 0.15) is 6.10 Å². The SMILES string of the molecule is CC1=C(CCC(C)CN2CCN(C)CC2)O[C@H]2C[C@H]3[C@@H]4CCC5=CC(=O)CC[C@]5(C)[C@H]4CC[C@]3(C)[C@@H]12. The van der Waals surface area contributed by atoms with Crippen molar-refractivity contribution in [2.45, 2.75) is 91.6 Å². The van der Waals surface area contributed by atoms with Gasteiger partial charge in [-0.05, 0) is 105 Å². The zero-order valence-corrected chi connectivity index (χ0v) is 23.7. The van der Waals surface area contributed by atoms with Crippen molar-refractivity contribution >= 4 is 5.78 Å². The Morgan fingerprint density at radius 1 is 1.08 bits per heavy atom. The van der Waals surface area contributed by atoms with Crippen molar-refractivity contribution in [3.05, 3.63) is 23.0 Å². The van der Waals surface area contributed by atoms with Crippen molar-refractivity contribution in [2.75, 3.05) is 39.8 Å². The molecule has 6 aliphatic rings. The Bertz CT molecular complexity index is 946. The first kappa shape index (κ1) is 25.2. The van der Waals surface area contributed by atoms with Crippen molar-refractivity contribution in [1.82, 2.24) is 9.80 Å². The van der Waals surface area contributed by atoms with Crippen LogP contribution in [0.15, 0.2) is 23.0 Å². The molecule has 0 aromatic rings. The molecular weight excluding hydrogens is 444 g/mol. The molecule has 2 aliphatic heterocycles. The average Bonchev–Trinajstić information content (AvgIpc) is 3.33. The lowest BCUT2D eigenvalue weighted by Gasteiger charge is -2.58. The van der Waals surface area contributed by atoms with Crippen molar-refractivity contribution in [3.8, 4) is 0 Å². The van der Waals surface area contributed by atoms with Crippen LogP contribution in [-0.4, -0.2) is 61.5 Å². The molecule has 0 bridgehead atoms. The minimum atomic E-state index is 0.271. The van der Waals surface area contributed by atoms with E-state index in [1.165, 1.54) is 76.2 Å². The van der Waals surface area contributed by atoms with Gasteiger partial charge < -0.3 is 14.5 Å². The predicted octanol–water partition coefficient (Wildman–Crippen LogP) is 6.08. The van der Waals surface area contributed by atoms with Crippen LogP contribution >= 0.6 is 0 Å². The summed E-state index contributed by atoms with van der Waals surface area (Å²) in [5.41, 5.74) is 3.75. The number of ether oxygens (including phenoxy) is 1. The summed E-state index contributed by atoms with van der Waals surface area (Å²) in [5.74, 6) is 5.44. The molecular formula is C32H50N2O2. The maximum atomic E-state index is 12.2. The number of nitrogens with zero attached hydrogens (tertiary/aromatic N) is 2. The second kappa shape index (κ2) is 9.26. The second-order valence-electron chi connectivity index (χ2n) is 14.2. The van der Waals surface area contributed by atoms with Gasteiger partial charge in [0.2, 0.25) is 0 Å². The topological polar surface area (TPSA) is 32.8 Å². The Morgan fingerprint density at radius 2 is 1.86 bits per heavy atom. The van der Waals surface area contributed by atoms with Crippen molar-refractivity contribution in [2.24, 2.45) is 40.4 Å². The summed E-state index contributed by atoms with van der Waals surface area (Å²) in [5, 5.41) is 0. The van der Waals surface area contributed by atoms with E-state index in [1.54, 1.807) is 5.57 Å². The number of rotatable bonds is 5. The Kier molecular flexibility index (Phi) is 6.47. The number of hydrogen-bond donors (Lipinski definition) is 0. The molecule has 0 aromatic carbocycles. The van der Waals surface area contributed by atoms with Crippen LogP contribution < -0.4 is 0 Å². The van der Waals surface area contributed by atoms with Gasteiger partial charge in [-0.2, -0.15) is 0 Å². The van der Waals surface area contributed by atoms with E-state index in [4.69, 9.17) is 4.74 Å². The van der Waals surface area contributed by atoms with Gasteiger partial charge in [0.25, 0.3) is 0 Å². The third-order valence-electron chi connectivity index (χ3n) is 12.2. The van der Waals surface area contributed by atoms with Crippen LogP contribution in [0.3, 0.4) is 0 Å². The number of allylic oxidation sites excluding steroid dienone is 2. The minimum absolute atomic E-state index is 0.271. The van der Waals surface area contributed by atoms with Gasteiger partial charge in [0.05, 0.1) is 5.76 Å². The quantitative estimate of drug-likeness (QED) is 0.464. The molecule has 0 amide bonds. The highest BCUT2D eigenvalue weighted by molar-refractivity contribution is 5.91. The van der Waals surface area contributed by atoms with Crippen LogP contribution in [0.5, 0.6) is 0 Å². The highest BCUT2D eigenvalue weighted by Crippen LogP contribution is 2.69. The fourth-order valence-corrected chi connectivity index (χ4v) is 10.1. The van der Waals surface area contributed by atoms with Crippen LogP contribution in [0.25, 0.3) is 0 Å². The van der Waals surface area contributed by atoms with E-state index < -0.39 is 0 Å². The maximum Gasteiger partial charge on any atom is 0.155 e. The molecule has 1 unspecified atom stereocenters. The Morgan fingerprint density at radius 3 is 2.64 bits per heavy atom. The fraction of sp³-hybridized carbons (Fsp3) is 0.844. The van der Waals surface area contributed by atoms with E-state index >= 15 is 0 Å². The van der Waals surface area contributed by atoms with E-state index in [9.17, 15) is 4.79 Å². The summed E-state index contributed by atoms with van der Waals surface area (Å²) < 4.78 is 6.84. The number of ketones is 1. The van der Waals surface area contributed by atoms with Gasteiger partial charge in [-0.25, -0.2) is 0 Å². The van der Waals surface area contributed by atoms with Gasteiger partial charge >= 0.3 is 0 Å². The first-order valence-corrected chi connectivity index (χ1v) is 15.2. The molecule has 36 heavy (non-hydrogen) atoms. The Balaban J connectivity index is 1.12. The second-order valence-corrected chi connectivity index (χ2v) is 14.2. The summed E-state index contributed by atoms with van der Waals surface area (Å²) in [6.45, 7) is 16.1. The van der Waals surface area contributed by atoms with Crippen LogP contribution in [0.2, 0.25) is 0 Å². The van der Waals surface area contributed by atoms with Crippen LogP contribution in [0, 0.1) is 40.4 Å². The van der Waals surface area contributed by atoms with Crippen LogP contribution in [-0.2, 0) is 9.53 Å². The summed E-state index contributed by atoms with van der Waals surface area (Å²) in [7, 11) is 2.24. The van der Waals surface area contributed by atoms with E-state index in [2.05, 4.69) is 44.5 Å². The zero-order valence-electron chi connectivity index (χ0n) is 23.7. The normalized spacial score (nSPS) is 43.9. The highest BCUT2D eigenvalue weighted by atomic mass is 16.5. The molecule has 0 N–H and O–H groups in total. The molecule has 200 valence electrons. The largest absolute Gasteiger partial charge is 0.494 e. The van der Waals surface area contributed by atoms with Gasteiger partial charge in [-0.3, -0.25) is 4.79 Å². The van der Waals surface area contributed by atoms with Gasteiger partial charge in [0, 0.05) is 51.5 Å². The average molecular weight is 495 g/mol. The molecule has 3 saturated carbocycles. The van der Waals surface area contributed by atoms with Crippen LogP contribution in [0.4, 0.5) is 0 Å². The number of likely N-dealkylation sites (N-methyl/N-ethyl adjacent to an activating group) is 1. The number of fused-ring (bicyclic) bond motifs is 7.